The molecule has 0 aromatic heterocycles. The lowest BCUT2D eigenvalue weighted by molar-refractivity contribution is 0.209. The zero-order valence-electron chi connectivity index (χ0n) is 14.5. The van der Waals surface area contributed by atoms with Crippen LogP contribution >= 0.6 is 0 Å². The Morgan fingerprint density at radius 2 is 1.65 bits per heavy atom. The van der Waals surface area contributed by atoms with Crippen molar-refractivity contribution in [2.75, 3.05) is 11.9 Å². The van der Waals surface area contributed by atoms with Crippen LogP contribution in [-0.4, -0.2) is 18.8 Å². The van der Waals surface area contributed by atoms with Gasteiger partial charge >= 0.3 is 0 Å². The van der Waals surface area contributed by atoms with Crippen LogP contribution in [0.25, 0.3) is 0 Å². The van der Waals surface area contributed by atoms with Crippen LogP contribution < -0.4 is 14.8 Å². The summed E-state index contributed by atoms with van der Waals surface area (Å²) in [4.78, 5) is 0. The molecule has 0 aliphatic heterocycles. The molecule has 3 heteroatoms. The van der Waals surface area contributed by atoms with Gasteiger partial charge in [0.15, 0.2) is 0 Å². The SMILES string of the molecule is CC[C@H](CNc1ccccc1OC(C)C)Oc1ccc(C)cc1. The van der Waals surface area contributed by atoms with E-state index in [1.807, 2.05) is 50.2 Å². The number of hydrogen-bond donors (Lipinski definition) is 1. The molecule has 0 aliphatic rings. The van der Waals surface area contributed by atoms with Gasteiger partial charge in [0.1, 0.15) is 17.6 Å². The quantitative estimate of drug-likeness (QED) is 0.739. The molecule has 0 saturated carbocycles. The van der Waals surface area contributed by atoms with Gasteiger partial charge in [0.2, 0.25) is 0 Å². The van der Waals surface area contributed by atoms with E-state index in [1.165, 1.54) is 5.56 Å². The number of benzene rings is 2. The molecule has 0 amide bonds. The lowest BCUT2D eigenvalue weighted by Crippen LogP contribution is -2.25. The lowest BCUT2D eigenvalue weighted by atomic mass is 10.2. The highest BCUT2D eigenvalue weighted by Crippen LogP contribution is 2.25. The van der Waals surface area contributed by atoms with Gasteiger partial charge in [-0.05, 0) is 51.5 Å². The fraction of sp³-hybridized carbons (Fsp3) is 0.400. The summed E-state index contributed by atoms with van der Waals surface area (Å²) in [6, 6.07) is 16.2. The van der Waals surface area contributed by atoms with Gasteiger partial charge in [-0.1, -0.05) is 36.8 Å². The molecule has 1 N–H and O–H groups in total. The number of hydrogen-bond acceptors (Lipinski definition) is 3. The van der Waals surface area contributed by atoms with E-state index in [0.717, 1.165) is 30.2 Å². The molecular weight excluding hydrogens is 286 g/mol. The molecule has 0 heterocycles. The first kappa shape index (κ1) is 17.2. The maximum atomic E-state index is 6.06. The summed E-state index contributed by atoms with van der Waals surface area (Å²) in [5.74, 6) is 1.80. The molecule has 2 aromatic rings. The van der Waals surface area contributed by atoms with Gasteiger partial charge in [-0.3, -0.25) is 0 Å². The maximum Gasteiger partial charge on any atom is 0.142 e. The number of rotatable bonds is 8. The van der Waals surface area contributed by atoms with Gasteiger partial charge in [-0.2, -0.15) is 0 Å². The van der Waals surface area contributed by atoms with Crippen molar-refractivity contribution in [3.05, 3.63) is 54.1 Å². The molecule has 0 saturated heterocycles. The summed E-state index contributed by atoms with van der Waals surface area (Å²) in [7, 11) is 0. The first-order valence-corrected chi connectivity index (χ1v) is 8.31. The molecule has 23 heavy (non-hydrogen) atoms. The monoisotopic (exact) mass is 313 g/mol. The normalized spacial score (nSPS) is 12.0. The Bertz CT molecular complexity index is 593. The first-order chi connectivity index (χ1) is 11.1. The van der Waals surface area contributed by atoms with Crippen molar-refractivity contribution in [1.82, 2.24) is 0 Å². The fourth-order valence-corrected chi connectivity index (χ4v) is 2.27. The summed E-state index contributed by atoms with van der Waals surface area (Å²) < 4.78 is 11.9. The van der Waals surface area contributed by atoms with Gasteiger partial charge in [0, 0.05) is 0 Å². The molecule has 3 nitrogen and oxygen atoms in total. The lowest BCUT2D eigenvalue weighted by Gasteiger charge is -2.21. The predicted molar refractivity (Wildman–Crippen MR) is 96.6 cm³/mol. The van der Waals surface area contributed by atoms with Crippen LogP contribution in [0, 0.1) is 6.92 Å². The molecule has 0 bridgehead atoms. The van der Waals surface area contributed by atoms with Crippen LogP contribution in [0.15, 0.2) is 48.5 Å². The fourth-order valence-electron chi connectivity index (χ4n) is 2.27. The van der Waals surface area contributed by atoms with E-state index in [2.05, 4.69) is 31.3 Å². The third kappa shape index (κ3) is 5.51. The second kappa shape index (κ2) is 8.47. The Balaban J connectivity index is 1.96. The van der Waals surface area contributed by atoms with Crippen molar-refractivity contribution in [2.45, 2.75) is 46.3 Å². The molecule has 1 atom stereocenters. The highest BCUT2D eigenvalue weighted by atomic mass is 16.5. The second-order valence-electron chi connectivity index (χ2n) is 6.00. The van der Waals surface area contributed by atoms with Gasteiger partial charge in [-0.15, -0.1) is 0 Å². The second-order valence-corrected chi connectivity index (χ2v) is 6.00. The average Bonchev–Trinajstić information content (AvgIpc) is 2.54. The summed E-state index contributed by atoms with van der Waals surface area (Å²) in [6.07, 6.45) is 1.21. The number of ether oxygens (including phenoxy) is 2. The van der Waals surface area contributed by atoms with Crippen molar-refractivity contribution in [1.29, 1.82) is 0 Å². The van der Waals surface area contributed by atoms with Crippen LogP contribution in [0.2, 0.25) is 0 Å². The minimum absolute atomic E-state index is 0.116. The van der Waals surface area contributed by atoms with Crippen molar-refractivity contribution in [3.8, 4) is 11.5 Å². The molecule has 2 aromatic carbocycles. The van der Waals surface area contributed by atoms with Gasteiger partial charge < -0.3 is 14.8 Å². The molecule has 124 valence electrons. The Labute approximate surface area is 139 Å². The molecule has 0 radical (unpaired) electrons. The van der Waals surface area contributed by atoms with Crippen LogP contribution in [0.1, 0.15) is 32.8 Å². The Morgan fingerprint density at radius 1 is 0.957 bits per heavy atom. The standard InChI is InChI=1S/C20H27NO2/c1-5-17(23-18-12-10-16(4)11-13-18)14-21-19-8-6-7-9-20(19)22-15(2)3/h6-13,15,17,21H,5,14H2,1-4H3/t17-/m1/s1. The highest BCUT2D eigenvalue weighted by molar-refractivity contribution is 5.56. The van der Waals surface area contributed by atoms with Crippen molar-refractivity contribution in [3.63, 3.8) is 0 Å². The van der Waals surface area contributed by atoms with E-state index >= 15 is 0 Å². The van der Waals surface area contributed by atoms with E-state index in [-0.39, 0.29) is 12.2 Å². The third-order valence-electron chi connectivity index (χ3n) is 3.55. The van der Waals surface area contributed by atoms with Gasteiger partial charge in [-0.25, -0.2) is 0 Å². The smallest absolute Gasteiger partial charge is 0.142 e. The molecule has 0 aliphatic carbocycles. The Morgan fingerprint density at radius 3 is 2.30 bits per heavy atom. The van der Waals surface area contributed by atoms with Gasteiger partial charge in [0.25, 0.3) is 0 Å². The number of para-hydroxylation sites is 2. The van der Waals surface area contributed by atoms with E-state index < -0.39 is 0 Å². The van der Waals surface area contributed by atoms with Crippen LogP contribution in [0.3, 0.4) is 0 Å². The summed E-state index contributed by atoms with van der Waals surface area (Å²) in [6.45, 7) is 9.02. The Kier molecular flexibility index (Phi) is 6.33. The summed E-state index contributed by atoms with van der Waals surface area (Å²) in [5, 5.41) is 3.45. The number of anilines is 1. The maximum absolute atomic E-state index is 6.06. The van der Waals surface area contributed by atoms with Crippen LogP contribution in [0.4, 0.5) is 5.69 Å². The van der Waals surface area contributed by atoms with E-state index in [1.54, 1.807) is 0 Å². The molecular formula is C20H27NO2. The van der Waals surface area contributed by atoms with Crippen LogP contribution in [-0.2, 0) is 0 Å². The summed E-state index contributed by atoms with van der Waals surface area (Å²) >= 11 is 0. The van der Waals surface area contributed by atoms with Crippen molar-refractivity contribution < 1.29 is 9.47 Å². The van der Waals surface area contributed by atoms with Crippen molar-refractivity contribution >= 4 is 5.69 Å². The molecule has 0 fully saturated rings. The van der Waals surface area contributed by atoms with Crippen LogP contribution in [0.5, 0.6) is 11.5 Å². The highest BCUT2D eigenvalue weighted by Gasteiger charge is 2.10. The van der Waals surface area contributed by atoms with Crippen molar-refractivity contribution in [2.24, 2.45) is 0 Å². The van der Waals surface area contributed by atoms with Gasteiger partial charge in [0.05, 0.1) is 18.3 Å². The largest absolute Gasteiger partial charge is 0.489 e. The number of nitrogens with one attached hydrogen (secondary N) is 1. The summed E-state index contributed by atoms with van der Waals surface area (Å²) in [5.41, 5.74) is 2.25. The average molecular weight is 313 g/mol. The van der Waals surface area contributed by atoms with E-state index in [9.17, 15) is 0 Å². The predicted octanol–water partition coefficient (Wildman–Crippen LogP) is 5.05. The minimum atomic E-state index is 0.116. The topological polar surface area (TPSA) is 30.5 Å². The molecule has 0 spiro atoms. The molecule has 0 unspecified atom stereocenters. The first-order valence-electron chi connectivity index (χ1n) is 8.31. The minimum Gasteiger partial charge on any atom is -0.489 e. The zero-order chi connectivity index (χ0) is 16.7. The van der Waals surface area contributed by atoms with E-state index in [4.69, 9.17) is 9.47 Å². The van der Waals surface area contributed by atoms with E-state index in [0.29, 0.717) is 0 Å². The molecule has 2 rings (SSSR count). The zero-order valence-corrected chi connectivity index (χ0v) is 14.5. The Hall–Kier alpha value is -2.16. The number of aryl methyl sites for hydroxylation is 1. The third-order valence-corrected chi connectivity index (χ3v) is 3.55.